The topological polar surface area (TPSA) is 102 Å². The van der Waals surface area contributed by atoms with Crippen molar-refractivity contribution in [3.8, 4) is 0 Å². The number of hydrogen-bond donors (Lipinski definition) is 1. The number of hydrogen-bond acceptors (Lipinski definition) is 6. The van der Waals surface area contributed by atoms with Crippen molar-refractivity contribution in [1.29, 1.82) is 0 Å². The first-order valence-corrected chi connectivity index (χ1v) is 24.0. The summed E-state index contributed by atoms with van der Waals surface area (Å²) >= 11 is 0. The molecule has 0 fully saturated rings. The molecule has 0 aromatic rings. The second-order valence-electron chi connectivity index (χ2n) is 12.0. The SMILES string of the molecule is CN(C)P(C)(=N[PH](N=P(C)(C)C)(N=P(C)(N(C)C)N(C)C)N=P(N(C)C)(N(C)C)N(C)CCOCCO)N(C)C. The molecule has 0 spiro atoms. The van der Waals surface area contributed by atoms with E-state index in [2.05, 4.69) is 158 Å². The molecule has 40 heavy (non-hydrogen) atoms. The van der Waals surface area contributed by atoms with Crippen LogP contribution in [0.4, 0.5) is 0 Å². The molecule has 0 aliphatic carbocycles. The van der Waals surface area contributed by atoms with Crippen LogP contribution in [0.5, 0.6) is 0 Å². The van der Waals surface area contributed by atoms with E-state index in [1.165, 1.54) is 0 Å². The normalized spacial score (nSPS) is 14.8. The average molecular weight is 670 g/mol. The van der Waals surface area contributed by atoms with Crippen LogP contribution in [0.1, 0.15) is 0 Å². The number of ether oxygens (including phenoxy) is 1. The van der Waals surface area contributed by atoms with Gasteiger partial charge in [0.1, 0.15) is 0 Å². The minimum atomic E-state index is -3.51. The van der Waals surface area contributed by atoms with Crippen molar-refractivity contribution in [2.24, 2.45) is 18.1 Å². The molecule has 0 aliphatic rings. The molecule has 0 aromatic heterocycles. The third-order valence-electron chi connectivity index (χ3n) is 6.71. The van der Waals surface area contributed by atoms with Gasteiger partial charge in [-0.25, -0.2) is 0 Å². The molecule has 0 bridgehead atoms. The van der Waals surface area contributed by atoms with Gasteiger partial charge in [0, 0.05) is 0 Å². The molecular formula is C22H64N11O2P5. The molecule has 0 rings (SSSR count). The van der Waals surface area contributed by atoms with Gasteiger partial charge in [0.15, 0.2) is 0 Å². The molecule has 0 radical (unpaired) electrons. The summed E-state index contributed by atoms with van der Waals surface area (Å²) in [4.78, 5) is 0. The molecule has 13 nitrogen and oxygen atoms in total. The molecule has 0 saturated heterocycles. The second kappa shape index (κ2) is 16.3. The number of aliphatic hydroxyl groups excluding tert-OH is 1. The Bertz CT molecular complexity index is 940. The Morgan fingerprint density at radius 2 is 0.925 bits per heavy atom. The van der Waals surface area contributed by atoms with Crippen LogP contribution in [0.15, 0.2) is 18.1 Å². The van der Waals surface area contributed by atoms with Crippen LogP contribution in [0.2, 0.25) is 0 Å². The Morgan fingerprint density at radius 3 is 1.20 bits per heavy atom. The van der Waals surface area contributed by atoms with Gasteiger partial charge in [0.25, 0.3) is 0 Å². The molecule has 0 saturated carbocycles. The van der Waals surface area contributed by atoms with E-state index in [0.717, 1.165) is 0 Å². The third-order valence-corrected chi connectivity index (χ3v) is 26.8. The van der Waals surface area contributed by atoms with Gasteiger partial charge in [-0.15, -0.1) is 0 Å². The maximum absolute atomic E-state index is 9.22. The van der Waals surface area contributed by atoms with Crippen molar-refractivity contribution >= 4 is 37.1 Å². The number of rotatable bonds is 16. The molecule has 0 heterocycles. The fourth-order valence-electron chi connectivity index (χ4n) is 4.01. The first-order chi connectivity index (χ1) is 18.0. The first-order valence-electron chi connectivity index (χ1n) is 13.4. The van der Waals surface area contributed by atoms with Gasteiger partial charge in [-0.1, -0.05) is 0 Å². The Hall–Kier alpha value is 0.990. The van der Waals surface area contributed by atoms with Gasteiger partial charge in [0.05, 0.1) is 0 Å². The summed E-state index contributed by atoms with van der Waals surface area (Å²) < 4.78 is 44.5. The maximum atomic E-state index is 9.22. The summed E-state index contributed by atoms with van der Waals surface area (Å²) in [5, 5.41) is 9.22. The zero-order chi connectivity index (χ0) is 31.9. The van der Waals surface area contributed by atoms with Gasteiger partial charge < -0.3 is 0 Å². The Labute approximate surface area is 248 Å². The monoisotopic (exact) mass is 669 g/mol. The predicted octanol–water partition coefficient (Wildman–Crippen LogP) is 5.07. The van der Waals surface area contributed by atoms with Crippen molar-refractivity contribution in [1.82, 2.24) is 32.7 Å². The molecule has 0 atom stereocenters. The fraction of sp³-hybridized carbons (Fsp3) is 1.00. The van der Waals surface area contributed by atoms with Crippen LogP contribution in [-0.4, -0.2) is 189 Å². The van der Waals surface area contributed by atoms with E-state index in [0.29, 0.717) is 19.8 Å². The fourth-order valence-corrected chi connectivity index (χ4v) is 24.5. The van der Waals surface area contributed by atoms with Gasteiger partial charge in [-0.2, -0.15) is 0 Å². The van der Waals surface area contributed by atoms with E-state index in [9.17, 15) is 5.11 Å². The van der Waals surface area contributed by atoms with Crippen LogP contribution in [0.25, 0.3) is 0 Å². The van der Waals surface area contributed by atoms with Gasteiger partial charge in [-0.3, -0.25) is 0 Å². The summed E-state index contributed by atoms with van der Waals surface area (Å²) in [6, 6.07) is 0. The first kappa shape index (κ1) is 41.0. The van der Waals surface area contributed by atoms with Crippen molar-refractivity contribution in [2.45, 2.75) is 0 Å². The van der Waals surface area contributed by atoms with E-state index in [1.807, 2.05) is 0 Å². The van der Waals surface area contributed by atoms with E-state index in [4.69, 9.17) is 22.8 Å². The summed E-state index contributed by atoms with van der Waals surface area (Å²) in [5.74, 6) is 0. The van der Waals surface area contributed by atoms with E-state index < -0.39 is 37.1 Å². The zero-order valence-corrected chi connectivity index (χ0v) is 33.5. The molecule has 0 unspecified atom stereocenters. The second-order valence-corrected chi connectivity index (χ2v) is 30.3. The van der Waals surface area contributed by atoms with E-state index in [-0.39, 0.29) is 6.61 Å². The van der Waals surface area contributed by atoms with Crippen LogP contribution in [0, 0.1) is 0 Å². The average Bonchev–Trinajstić information content (AvgIpc) is 2.77. The van der Waals surface area contributed by atoms with Crippen molar-refractivity contribution < 1.29 is 9.84 Å². The van der Waals surface area contributed by atoms with Crippen molar-refractivity contribution in [3.63, 3.8) is 0 Å². The quantitative estimate of drug-likeness (QED) is 0.179. The number of aliphatic hydroxyl groups is 1. The minimum absolute atomic E-state index is 0.00635. The summed E-state index contributed by atoms with van der Waals surface area (Å²) in [6.45, 7) is 12.6. The number of nitrogens with zero attached hydrogens (tertiary/aromatic N) is 11. The molecule has 0 aromatic carbocycles. The summed E-state index contributed by atoms with van der Waals surface area (Å²) in [7, 11) is 15.0. The Kier molecular flexibility index (Phi) is 16.7. The Morgan fingerprint density at radius 1 is 0.550 bits per heavy atom. The zero-order valence-electron chi connectivity index (χ0n) is 28.9. The van der Waals surface area contributed by atoms with Crippen LogP contribution in [0.3, 0.4) is 0 Å². The van der Waals surface area contributed by atoms with E-state index >= 15 is 0 Å². The van der Waals surface area contributed by atoms with Crippen LogP contribution >= 0.6 is 37.1 Å². The van der Waals surface area contributed by atoms with Crippen molar-refractivity contribution in [2.75, 3.05) is 151 Å². The van der Waals surface area contributed by atoms with Crippen LogP contribution in [-0.2, 0) is 4.74 Å². The molecule has 244 valence electrons. The van der Waals surface area contributed by atoms with Crippen molar-refractivity contribution in [3.05, 3.63) is 0 Å². The van der Waals surface area contributed by atoms with E-state index in [1.54, 1.807) is 0 Å². The third kappa shape index (κ3) is 10.6. The van der Waals surface area contributed by atoms with Gasteiger partial charge >= 0.3 is 249 Å². The summed E-state index contributed by atoms with van der Waals surface area (Å²) in [5.41, 5.74) is 0. The van der Waals surface area contributed by atoms with Crippen LogP contribution < -0.4 is 0 Å². The molecule has 1 N–H and O–H groups in total. The van der Waals surface area contributed by atoms with Gasteiger partial charge in [-0.05, 0) is 0 Å². The molecular weight excluding hydrogens is 605 g/mol. The molecule has 0 aliphatic heterocycles. The standard InChI is InChI=1S/C22H64N11O2P5/c1-27(2)37(17,28(3)4)24-39(23-36(14,15)16,25-38(18,29(5)6)30(7)8)26-40(31(9)10,32(11)12)33(13)19-21-35-22-20-34/h34,39H,19-22H2,1-18H3. The molecule has 0 amide bonds. The summed E-state index contributed by atoms with van der Waals surface area (Å²) in [6.07, 6.45) is 0. The predicted molar refractivity (Wildman–Crippen MR) is 188 cm³/mol. The van der Waals surface area contributed by atoms with Gasteiger partial charge in [0.2, 0.25) is 0 Å². The Balaban J connectivity index is 8.57. The number of likely N-dealkylation sites (N-methyl/N-ethyl adjacent to an activating group) is 1. The molecule has 18 heteroatoms.